The van der Waals surface area contributed by atoms with Crippen LogP contribution in [0.2, 0.25) is 0 Å². The van der Waals surface area contributed by atoms with E-state index >= 15 is 0 Å². The van der Waals surface area contributed by atoms with E-state index in [4.69, 9.17) is 9.47 Å². The zero-order chi connectivity index (χ0) is 15.2. The number of para-hydroxylation sites is 1. The van der Waals surface area contributed by atoms with Crippen LogP contribution in [0.5, 0.6) is 11.5 Å². The number of hydrogen-bond acceptors (Lipinski definition) is 5. The molecular weight excluding hydrogens is 276 g/mol. The maximum Gasteiger partial charge on any atom is 0.417 e. The van der Waals surface area contributed by atoms with Gasteiger partial charge in [0.2, 0.25) is 0 Å². The Labute approximate surface area is 120 Å². The van der Waals surface area contributed by atoms with Crippen LogP contribution in [0.25, 0.3) is 0 Å². The minimum absolute atomic E-state index is 0.160. The highest BCUT2D eigenvalue weighted by molar-refractivity contribution is 5.88. The van der Waals surface area contributed by atoms with Crippen molar-refractivity contribution in [3.8, 4) is 11.5 Å². The SMILES string of the molecule is COc1ccc([N+](=O)[O-])cc1NC(=O)Oc1ccccc1. The first-order valence-corrected chi connectivity index (χ1v) is 5.96. The molecule has 21 heavy (non-hydrogen) atoms. The predicted octanol–water partition coefficient (Wildman–Crippen LogP) is 3.21. The molecule has 0 unspecified atom stereocenters. The molecule has 0 aliphatic heterocycles. The summed E-state index contributed by atoms with van der Waals surface area (Å²) in [7, 11) is 1.40. The fourth-order valence-corrected chi connectivity index (χ4v) is 1.64. The number of benzene rings is 2. The number of anilines is 1. The summed E-state index contributed by atoms with van der Waals surface area (Å²) >= 11 is 0. The Morgan fingerprint density at radius 2 is 1.90 bits per heavy atom. The number of non-ortho nitro benzene ring substituents is 1. The van der Waals surface area contributed by atoms with Gasteiger partial charge in [-0.1, -0.05) is 18.2 Å². The van der Waals surface area contributed by atoms with Gasteiger partial charge in [-0.05, 0) is 18.2 Å². The molecule has 2 rings (SSSR count). The molecular formula is C14H12N2O5. The lowest BCUT2D eigenvalue weighted by atomic mass is 10.2. The van der Waals surface area contributed by atoms with Crippen molar-refractivity contribution in [2.45, 2.75) is 0 Å². The molecule has 0 aromatic heterocycles. The maximum absolute atomic E-state index is 11.8. The fourth-order valence-electron chi connectivity index (χ4n) is 1.64. The second-order valence-electron chi connectivity index (χ2n) is 3.97. The van der Waals surface area contributed by atoms with Gasteiger partial charge in [-0.15, -0.1) is 0 Å². The molecule has 2 aromatic carbocycles. The van der Waals surface area contributed by atoms with Gasteiger partial charge < -0.3 is 9.47 Å². The summed E-state index contributed by atoms with van der Waals surface area (Å²) in [5, 5.41) is 13.2. The highest BCUT2D eigenvalue weighted by atomic mass is 16.6. The number of nitrogens with zero attached hydrogens (tertiary/aromatic N) is 1. The second-order valence-corrected chi connectivity index (χ2v) is 3.97. The normalized spacial score (nSPS) is 9.76. The van der Waals surface area contributed by atoms with Gasteiger partial charge in [-0.3, -0.25) is 15.4 Å². The number of nitrogens with one attached hydrogen (secondary N) is 1. The van der Waals surface area contributed by atoms with E-state index in [1.807, 2.05) is 0 Å². The Balaban J connectivity index is 2.16. The molecule has 0 fully saturated rings. The Bertz CT molecular complexity index is 658. The monoisotopic (exact) mass is 288 g/mol. The quantitative estimate of drug-likeness (QED) is 0.689. The number of nitro groups is 1. The summed E-state index contributed by atoms with van der Waals surface area (Å²) in [6, 6.07) is 12.3. The lowest BCUT2D eigenvalue weighted by molar-refractivity contribution is -0.384. The van der Waals surface area contributed by atoms with Gasteiger partial charge in [-0.25, -0.2) is 4.79 Å². The van der Waals surface area contributed by atoms with Crippen molar-refractivity contribution in [2.24, 2.45) is 0 Å². The molecule has 0 saturated heterocycles. The number of carbonyl (C=O) groups is 1. The van der Waals surface area contributed by atoms with Crippen LogP contribution in [0.3, 0.4) is 0 Å². The molecule has 0 aliphatic rings. The summed E-state index contributed by atoms with van der Waals surface area (Å²) in [5.74, 6) is 0.657. The van der Waals surface area contributed by atoms with Crippen LogP contribution < -0.4 is 14.8 Å². The first-order chi connectivity index (χ1) is 10.1. The highest BCUT2D eigenvalue weighted by Crippen LogP contribution is 2.29. The molecule has 7 heteroatoms. The average Bonchev–Trinajstić information content (AvgIpc) is 2.48. The highest BCUT2D eigenvalue weighted by Gasteiger charge is 2.14. The van der Waals surface area contributed by atoms with Crippen LogP contribution in [0.4, 0.5) is 16.2 Å². The lowest BCUT2D eigenvalue weighted by Crippen LogP contribution is -2.17. The lowest BCUT2D eigenvalue weighted by Gasteiger charge is -2.10. The second kappa shape index (κ2) is 6.38. The van der Waals surface area contributed by atoms with Crippen molar-refractivity contribution >= 4 is 17.5 Å². The third-order valence-electron chi connectivity index (χ3n) is 2.58. The summed E-state index contributed by atoms with van der Waals surface area (Å²) in [6.45, 7) is 0. The molecule has 0 aliphatic carbocycles. The van der Waals surface area contributed by atoms with E-state index in [9.17, 15) is 14.9 Å². The Morgan fingerprint density at radius 3 is 2.52 bits per heavy atom. The van der Waals surface area contributed by atoms with E-state index in [1.165, 1.54) is 25.3 Å². The third-order valence-corrected chi connectivity index (χ3v) is 2.58. The smallest absolute Gasteiger partial charge is 0.417 e. The first kappa shape index (κ1) is 14.3. The van der Waals surface area contributed by atoms with E-state index in [2.05, 4.69) is 5.32 Å². The number of nitro benzene ring substituents is 1. The van der Waals surface area contributed by atoms with Gasteiger partial charge in [0, 0.05) is 12.1 Å². The molecule has 2 aromatic rings. The van der Waals surface area contributed by atoms with E-state index in [0.29, 0.717) is 11.5 Å². The molecule has 0 heterocycles. The predicted molar refractivity (Wildman–Crippen MR) is 75.7 cm³/mol. The van der Waals surface area contributed by atoms with Crippen LogP contribution in [-0.4, -0.2) is 18.1 Å². The molecule has 7 nitrogen and oxygen atoms in total. The number of hydrogen-bond donors (Lipinski definition) is 1. The van der Waals surface area contributed by atoms with E-state index < -0.39 is 11.0 Å². The van der Waals surface area contributed by atoms with E-state index in [1.54, 1.807) is 30.3 Å². The summed E-state index contributed by atoms with van der Waals surface area (Å²) in [6.07, 6.45) is -0.764. The number of carbonyl (C=O) groups excluding carboxylic acids is 1. The van der Waals surface area contributed by atoms with Crippen molar-refractivity contribution in [3.63, 3.8) is 0 Å². The minimum Gasteiger partial charge on any atom is -0.495 e. The molecule has 108 valence electrons. The molecule has 0 spiro atoms. The van der Waals surface area contributed by atoms with Crippen LogP contribution in [0.1, 0.15) is 0 Å². The van der Waals surface area contributed by atoms with Gasteiger partial charge in [0.1, 0.15) is 11.5 Å². The minimum atomic E-state index is -0.764. The van der Waals surface area contributed by atoms with Crippen molar-refractivity contribution < 1.29 is 19.2 Å². The average molecular weight is 288 g/mol. The van der Waals surface area contributed by atoms with Crippen LogP contribution >= 0.6 is 0 Å². The number of amides is 1. The van der Waals surface area contributed by atoms with E-state index in [-0.39, 0.29) is 11.4 Å². The number of rotatable bonds is 4. The molecule has 0 saturated carbocycles. The Hall–Kier alpha value is -3.09. The zero-order valence-electron chi connectivity index (χ0n) is 11.1. The van der Waals surface area contributed by atoms with Crippen LogP contribution in [-0.2, 0) is 0 Å². The number of methoxy groups -OCH3 is 1. The summed E-state index contributed by atoms with van der Waals surface area (Å²) in [5.41, 5.74) is -0.00144. The molecule has 0 atom stereocenters. The van der Waals surface area contributed by atoms with Gasteiger partial charge in [0.15, 0.2) is 0 Å². The Morgan fingerprint density at radius 1 is 1.19 bits per heavy atom. The van der Waals surface area contributed by atoms with Gasteiger partial charge >= 0.3 is 6.09 Å². The van der Waals surface area contributed by atoms with Gasteiger partial charge in [0.05, 0.1) is 17.7 Å². The van der Waals surface area contributed by atoms with Crippen molar-refractivity contribution in [3.05, 3.63) is 58.6 Å². The number of ether oxygens (including phenoxy) is 2. The standard InChI is InChI=1S/C14H12N2O5/c1-20-13-8-7-10(16(18)19)9-12(13)15-14(17)21-11-5-3-2-4-6-11/h2-9H,1H3,(H,15,17). The van der Waals surface area contributed by atoms with Gasteiger partial charge in [-0.2, -0.15) is 0 Å². The van der Waals surface area contributed by atoms with Crippen molar-refractivity contribution in [1.29, 1.82) is 0 Å². The largest absolute Gasteiger partial charge is 0.495 e. The summed E-state index contributed by atoms with van der Waals surface area (Å²) in [4.78, 5) is 22.0. The van der Waals surface area contributed by atoms with Crippen molar-refractivity contribution in [2.75, 3.05) is 12.4 Å². The zero-order valence-corrected chi connectivity index (χ0v) is 11.1. The molecule has 1 amide bonds. The topological polar surface area (TPSA) is 90.7 Å². The Kier molecular flexibility index (Phi) is 4.35. The van der Waals surface area contributed by atoms with Crippen LogP contribution in [0.15, 0.2) is 48.5 Å². The fraction of sp³-hybridized carbons (Fsp3) is 0.0714. The molecule has 1 N–H and O–H groups in total. The maximum atomic E-state index is 11.8. The first-order valence-electron chi connectivity index (χ1n) is 5.96. The third kappa shape index (κ3) is 3.69. The summed E-state index contributed by atoms with van der Waals surface area (Å²) < 4.78 is 10.1. The van der Waals surface area contributed by atoms with E-state index in [0.717, 1.165) is 0 Å². The molecule has 0 radical (unpaired) electrons. The van der Waals surface area contributed by atoms with Crippen LogP contribution in [0, 0.1) is 10.1 Å². The van der Waals surface area contributed by atoms with Gasteiger partial charge in [0.25, 0.3) is 5.69 Å². The van der Waals surface area contributed by atoms with Crippen molar-refractivity contribution in [1.82, 2.24) is 0 Å². The molecule has 0 bridgehead atoms.